The molecule has 0 bridgehead atoms. The first-order valence-electron chi connectivity index (χ1n) is 10.0. The van der Waals surface area contributed by atoms with Gasteiger partial charge in [0.05, 0.1) is 0 Å². The molecule has 0 spiro atoms. The number of carbonyl (C=O) groups excluding carboxylic acids is 1. The van der Waals surface area contributed by atoms with E-state index in [0.717, 1.165) is 10.9 Å². The molecule has 0 aromatic heterocycles. The Morgan fingerprint density at radius 2 is 1.66 bits per heavy atom. The van der Waals surface area contributed by atoms with E-state index in [0.29, 0.717) is 28.6 Å². The van der Waals surface area contributed by atoms with E-state index in [4.69, 9.17) is 16.3 Å². The van der Waals surface area contributed by atoms with Crippen molar-refractivity contribution in [2.75, 3.05) is 5.32 Å². The van der Waals surface area contributed by atoms with E-state index in [1.54, 1.807) is 24.3 Å². The molecule has 0 aliphatic rings. The fourth-order valence-electron chi connectivity index (χ4n) is 3.26. The summed E-state index contributed by atoms with van der Waals surface area (Å²) in [6.07, 6.45) is 1.53. The van der Waals surface area contributed by atoms with Crippen LogP contribution in [0.2, 0.25) is 5.02 Å². The van der Waals surface area contributed by atoms with E-state index in [9.17, 15) is 10.1 Å². The molecule has 4 aromatic carbocycles. The van der Waals surface area contributed by atoms with E-state index in [2.05, 4.69) is 29.6 Å². The molecule has 0 heterocycles. The lowest BCUT2D eigenvalue weighted by atomic mass is 10.1. The van der Waals surface area contributed by atoms with Crippen LogP contribution in [0, 0.1) is 11.3 Å². The fraction of sp³-hybridized carbons (Fsp3) is 0.0370. The average Bonchev–Trinajstić information content (AvgIpc) is 2.83. The Morgan fingerprint density at radius 3 is 2.44 bits per heavy atom. The number of carbonyl (C=O) groups is 1. The topological polar surface area (TPSA) is 62.1 Å². The van der Waals surface area contributed by atoms with Crippen LogP contribution in [0.15, 0.2) is 96.6 Å². The Morgan fingerprint density at radius 1 is 0.938 bits per heavy atom. The number of nitrogens with one attached hydrogen (secondary N) is 1. The van der Waals surface area contributed by atoms with Gasteiger partial charge in [0.25, 0.3) is 5.91 Å². The molecular weight excluding hydrogens is 420 g/mol. The standard InChI is InChI=1S/C27H19ClN2O2/c28-24-11-13-25(14-12-24)30-27(31)23(17-29)16-22-7-3-4-8-26(22)32-18-19-9-10-20-5-1-2-6-21(20)15-19/h1-16H,18H2,(H,30,31)/b23-16+. The van der Waals surface area contributed by atoms with Crippen LogP contribution in [-0.4, -0.2) is 5.91 Å². The van der Waals surface area contributed by atoms with Gasteiger partial charge in [-0.1, -0.05) is 66.2 Å². The lowest BCUT2D eigenvalue weighted by Crippen LogP contribution is -2.13. The first-order chi connectivity index (χ1) is 15.6. The third-order valence-electron chi connectivity index (χ3n) is 4.89. The third-order valence-corrected chi connectivity index (χ3v) is 5.15. The minimum atomic E-state index is -0.501. The summed E-state index contributed by atoms with van der Waals surface area (Å²) in [5.74, 6) is 0.0897. The number of hydrogen-bond acceptors (Lipinski definition) is 3. The maximum absolute atomic E-state index is 12.6. The molecule has 0 atom stereocenters. The Hall–Kier alpha value is -4.07. The number of rotatable bonds is 6. The summed E-state index contributed by atoms with van der Waals surface area (Å²) in [5, 5.41) is 15.1. The van der Waals surface area contributed by atoms with E-state index < -0.39 is 5.91 Å². The van der Waals surface area contributed by atoms with Crippen molar-refractivity contribution in [3.8, 4) is 11.8 Å². The van der Waals surface area contributed by atoms with Crippen molar-refractivity contribution in [3.63, 3.8) is 0 Å². The average molecular weight is 439 g/mol. The van der Waals surface area contributed by atoms with Crippen molar-refractivity contribution < 1.29 is 9.53 Å². The van der Waals surface area contributed by atoms with Crippen LogP contribution in [0.4, 0.5) is 5.69 Å². The predicted molar refractivity (Wildman–Crippen MR) is 128 cm³/mol. The summed E-state index contributed by atoms with van der Waals surface area (Å²) in [7, 11) is 0. The number of hydrogen-bond donors (Lipinski definition) is 1. The Kier molecular flexibility index (Phi) is 6.50. The largest absolute Gasteiger partial charge is 0.488 e. The molecule has 4 aromatic rings. The fourth-order valence-corrected chi connectivity index (χ4v) is 3.38. The van der Waals surface area contributed by atoms with Gasteiger partial charge in [0.15, 0.2) is 0 Å². The molecular formula is C27H19ClN2O2. The molecule has 0 aliphatic carbocycles. The summed E-state index contributed by atoms with van der Waals surface area (Å²) >= 11 is 5.88. The van der Waals surface area contributed by atoms with Gasteiger partial charge in [0.2, 0.25) is 0 Å². The highest BCUT2D eigenvalue weighted by Crippen LogP contribution is 2.24. The molecule has 4 nitrogen and oxygen atoms in total. The summed E-state index contributed by atoms with van der Waals surface area (Å²) in [5.41, 5.74) is 2.21. The first-order valence-corrected chi connectivity index (χ1v) is 10.4. The van der Waals surface area contributed by atoms with Gasteiger partial charge in [-0.3, -0.25) is 4.79 Å². The molecule has 0 saturated heterocycles. The zero-order valence-electron chi connectivity index (χ0n) is 17.1. The monoisotopic (exact) mass is 438 g/mol. The minimum absolute atomic E-state index is 0.0262. The van der Waals surface area contributed by atoms with Crippen molar-refractivity contribution >= 4 is 40.0 Å². The number of nitriles is 1. The smallest absolute Gasteiger partial charge is 0.266 e. The Bertz CT molecular complexity index is 1340. The molecule has 0 radical (unpaired) electrons. The molecule has 0 saturated carbocycles. The maximum Gasteiger partial charge on any atom is 0.266 e. The normalized spacial score (nSPS) is 11.1. The van der Waals surface area contributed by atoms with Crippen LogP contribution in [0.3, 0.4) is 0 Å². The number of anilines is 1. The van der Waals surface area contributed by atoms with Gasteiger partial charge in [0, 0.05) is 16.3 Å². The van der Waals surface area contributed by atoms with Crippen molar-refractivity contribution in [1.82, 2.24) is 0 Å². The van der Waals surface area contributed by atoms with Gasteiger partial charge in [-0.25, -0.2) is 0 Å². The first kappa shape index (κ1) is 21.2. The summed E-state index contributed by atoms with van der Waals surface area (Å²) in [4.78, 5) is 12.6. The van der Waals surface area contributed by atoms with Crippen molar-refractivity contribution in [2.45, 2.75) is 6.61 Å². The predicted octanol–water partition coefficient (Wildman–Crippen LogP) is 6.62. The maximum atomic E-state index is 12.6. The van der Waals surface area contributed by atoms with Gasteiger partial charge >= 0.3 is 0 Å². The second-order valence-corrected chi connectivity index (χ2v) is 7.58. The SMILES string of the molecule is N#C/C(=C\c1ccccc1OCc1ccc2ccccc2c1)C(=O)Nc1ccc(Cl)cc1. The van der Waals surface area contributed by atoms with E-state index in [-0.39, 0.29) is 5.57 Å². The molecule has 1 amide bonds. The highest BCUT2D eigenvalue weighted by atomic mass is 35.5. The summed E-state index contributed by atoms with van der Waals surface area (Å²) in [6, 6.07) is 30.3. The molecule has 0 unspecified atom stereocenters. The van der Waals surface area contributed by atoms with Crippen LogP contribution < -0.4 is 10.1 Å². The number of halogens is 1. The highest BCUT2D eigenvalue weighted by molar-refractivity contribution is 6.30. The zero-order valence-corrected chi connectivity index (χ0v) is 17.8. The number of ether oxygens (including phenoxy) is 1. The molecule has 4 rings (SSSR count). The Balaban J connectivity index is 1.52. The van der Waals surface area contributed by atoms with Gasteiger partial charge in [0.1, 0.15) is 24.0 Å². The summed E-state index contributed by atoms with van der Waals surface area (Å²) in [6.45, 7) is 0.370. The van der Waals surface area contributed by atoms with Crippen LogP contribution in [0.5, 0.6) is 5.75 Å². The lowest BCUT2D eigenvalue weighted by Gasteiger charge is -2.11. The van der Waals surface area contributed by atoms with Crippen LogP contribution in [0.1, 0.15) is 11.1 Å². The van der Waals surface area contributed by atoms with Crippen molar-refractivity contribution in [2.24, 2.45) is 0 Å². The molecule has 0 fully saturated rings. The highest BCUT2D eigenvalue weighted by Gasteiger charge is 2.11. The van der Waals surface area contributed by atoms with Gasteiger partial charge in [-0.2, -0.15) is 5.26 Å². The Labute approximate surface area is 191 Å². The van der Waals surface area contributed by atoms with Crippen LogP contribution in [-0.2, 0) is 11.4 Å². The van der Waals surface area contributed by atoms with E-state index >= 15 is 0 Å². The quantitative estimate of drug-likeness (QED) is 0.272. The third kappa shape index (κ3) is 5.15. The van der Waals surface area contributed by atoms with Gasteiger partial charge in [-0.15, -0.1) is 0 Å². The van der Waals surface area contributed by atoms with E-state index in [1.165, 1.54) is 11.5 Å². The van der Waals surface area contributed by atoms with Crippen molar-refractivity contribution in [1.29, 1.82) is 5.26 Å². The molecule has 1 N–H and O–H groups in total. The minimum Gasteiger partial charge on any atom is -0.488 e. The zero-order chi connectivity index (χ0) is 22.3. The number of nitrogens with zero attached hydrogens (tertiary/aromatic N) is 1. The van der Waals surface area contributed by atoms with Crippen molar-refractivity contribution in [3.05, 3.63) is 113 Å². The molecule has 32 heavy (non-hydrogen) atoms. The second kappa shape index (κ2) is 9.82. The number of amides is 1. The number of fused-ring (bicyclic) bond motifs is 1. The van der Waals surface area contributed by atoms with Crippen LogP contribution >= 0.6 is 11.6 Å². The van der Waals surface area contributed by atoms with Crippen LogP contribution in [0.25, 0.3) is 16.8 Å². The number of para-hydroxylation sites is 1. The molecule has 156 valence electrons. The van der Waals surface area contributed by atoms with Gasteiger partial charge < -0.3 is 10.1 Å². The van der Waals surface area contributed by atoms with Gasteiger partial charge in [-0.05, 0) is 58.8 Å². The number of benzene rings is 4. The molecule has 5 heteroatoms. The summed E-state index contributed by atoms with van der Waals surface area (Å²) < 4.78 is 6.03. The lowest BCUT2D eigenvalue weighted by molar-refractivity contribution is -0.112. The second-order valence-electron chi connectivity index (χ2n) is 7.14. The van der Waals surface area contributed by atoms with E-state index in [1.807, 2.05) is 48.5 Å². The molecule has 0 aliphatic heterocycles.